The molecule has 0 saturated carbocycles. The first-order valence-corrected chi connectivity index (χ1v) is 14.5. The molecule has 0 fully saturated rings. The summed E-state index contributed by atoms with van der Waals surface area (Å²) < 4.78 is 0. The number of aliphatic imine (C=N–C) groups is 2. The van der Waals surface area contributed by atoms with Gasteiger partial charge in [0.15, 0.2) is 0 Å². The van der Waals surface area contributed by atoms with Crippen LogP contribution in [0.3, 0.4) is 0 Å². The highest BCUT2D eigenvalue weighted by atomic mass is 16.1. The SMILES string of the molecule is C=CNC(CCNC)=NCC/C=C1/CCc2cc(CNC(CCNC(=O)CC)=NC)cc(CCCC)c2C1=C. The Bertz CT molecular complexity index is 1050. The summed E-state index contributed by atoms with van der Waals surface area (Å²) in [6.07, 6.45) is 12.4. The second-order valence-electron chi connectivity index (χ2n) is 9.90. The second kappa shape index (κ2) is 18.2. The summed E-state index contributed by atoms with van der Waals surface area (Å²) in [5.74, 6) is 1.95. The molecule has 0 spiro atoms. The molecule has 1 aromatic carbocycles. The number of fused-ring (bicyclic) bond motifs is 1. The van der Waals surface area contributed by atoms with Gasteiger partial charge in [-0.05, 0) is 78.8 Å². The van der Waals surface area contributed by atoms with Crippen LogP contribution in [0.1, 0.15) is 81.0 Å². The molecule has 1 amide bonds. The van der Waals surface area contributed by atoms with Crippen LogP contribution in [0.15, 0.2) is 53.1 Å². The Morgan fingerprint density at radius 1 is 1.10 bits per heavy atom. The summed E-state index contributed by atoms with van der Waals surface area (Å²) in [4.78, 5) is 20.7. The van der Waals surface area contributed by atoms with E-state index in [1.165, 1.54) is 33.4 Å². The Morgan fingerprint density at radius 3 is 2.59 bits per heavy atom. The van der Waals surface area contributed by atoms with E-state index in [1.54, 1.807) is 13.2 Å². The van der Waals surface area contributed by atoms with Crippen molar-refractivity contribution in [3.63, 3.8) is 0 Å². The lowest BCUT2D eigenvalue weighted by Gasteiger charge is -2.26. The molecule has 1 aliphatic rings. The third-order valence-corrected chi connectivity index (χ3v) is 6.99. The van der Waals surface area contributed by atoms with Gasteiger partial charge in [0.25, 0.3) is 0 Å². The first kappa shape index (κ1) is 32.0. The zero-order valence-electron chi connectivity index (χ0n) is 24.7. The van der Waals surface area contributed by atoms with E-state index in [2.05, 4.69) is 64.5 Å². The van der Waals surface area contributed by atoms with Crippen molar-refractivity contribution < 1.29 is 4.79 Å². The molecule has 0 atom stereocenters. The van der Waals surface area contributed by atoms with E-state index in [-0.39, 0.29) is 5.91 Å². The number of aryl methyl sites for hydroxylation is 2. The molecule has 0 radical (unpaired) electrons. The number of rotatable bonds is 16. The van der Waals surface area contributed by atoms with Gasteiger partial charge in [-0.15, -0.1) is 0 Å². The van der Waals surface area contributed by atoms with Gasteiger partial charge in [-0.3, -0.25) is 14.8 Å². The maximum Gasteiger partial charge on any atom is 0.219 e. The maximum absolute atomic E-state index is 11.5. The number of allylic oxidation sites excluding steroid dienone is 2. The molecular formula is C32H50N6O. The fourth-order valence-corrected chi connectivity index (χ4v) is 4.82. The molecule has 7 heteroatoms. The average molecular weight is 535 g/mol. The summed E-state index contributed by atoms with van der Waals surface area (Å²) >= 11 is 0. The van der Waals surface area contributed by atoms with Crippen LogP contribution >= 0.6 is 0 Å². The number of carbonyl (C=O) groups excluding carboxylic acids is 1. The van der Waals surface area contributed by atoms with Crippen molar-refractivity contribution in [1.29, 1.82) is 0 Å². The average Bonchev–Trinajstić information content (AvgIpc) is 2.95. The first-order chi connectivity index (χ1) is 19.0. The summed E-state index contributed by atoms with van der Waals surface area (Å²) in [6.45, 7) is 15.4. The number of carbonyl (C=O) groups is 1. The third-order valence-electron chi connectivity index (χ3n) is 6.99. The van der Waals surface area contributed by atoms with Crippen LogP contribution < -0.4 is 21.3 Å². The molecule has 39 heavy (non-hydrogen) atoms. The Hall–Kier alpha value is -3.19. The van der Waals surface area contributed by atoms with Crippen LogP contribution in [0.2, 0.25) is 0 Å². The molecule has 2 rings (SSSR count). The highest BCUT2D eigenvalue weighted by Crippen LogP contribution is 2.37. The van der Waals surface area contributed by atoms with Gasteiger partial charge >= 0.3 is 0 Å². The van der Waals surface area contributed by atoms with E-state index in [1.807, 2.05) is 14.0 Å². The second-order valence-corrected chi connectivity index (χ2v) is 9.90. The topological polar surface area (TPSA) is 89.9 Å². The minimum atomic E-state index is 0.0704. The monoisotopic (exact) mass is 534 g/mol. The lowest BCUT2D eigenvalue weighted by molar-refractivity contribution is -0.120. The van der Waals surface area contributed by atoms with E-state index in [4.69, 9.17) is 4.99 Å². The van der Waals surface area contributed by atoms with Crippen molar-refractivity contribution in [2.45, 2.75) is 78.2 Å². The molecular weight excluding hydrogens is 484 g/mol. The Labute approximate surface area is 236 Å². The quantitative estimate of drug-likeness (QED) is 0.135. The van der Waals surface area contributed by atoms with Crippen molar-refractivity contribution >= 4 is 23.2 Å². The van der Waals surface area contributed by atoms with Crippen LogP contribution in [0.4, 0.5) is 0 Å². The highest BCUT2D eigenvalue weighted by Gasteiger charge is 2.21. The van der Waals surface area contributed by atoms with Crippen molar-refractivity contribution in [3.05, 3.63) is 65.4 Å². The van der Waals surface area contributed by atoms with Gasteiger partial charge < -0.3 is 21.3 Å². The van der Waals surface area contributed by atoms with E-state index in [9.17, 15) is 4.79 Å². The molecule has 0 saturated heterocycles. The summed E-state index contributed by atoms with van der Waals surface area (Å²) in [5, 5.41) is 12.7. The highest BCUT2D eigenvalue weighted by molar-refractivity contribution is 5.85. The molecule has 0 heterocycles. The largest absolute Gasteiger partial charge is 0.370 e. The molecule has 7 nitrogen and oxygen atoms in total. The number of nitrogens with zero attached hydrogens (tertiary/aromatic N) is 2. The zero-order chi connectivity index (χ0) is 28.5. The van der Waals surface area contributed by atoms with Gasteiger partial charge in [-0.25, -0.2) is 0 Å². The zero-order valence-corrected chi connectivity index (χ0v) is 24.7. The third kappa shape index (κ3) is 10.8. The molecule has 0 aliphatic heterocycles. The van der Waals surface area contributed by atoms with Gasteiger partial charge in [0.05, 0.1) is 5.84 Å². The predicted octanol–water partition coefficient (Wildman–Crippen LogP) is 5.08. The standard InChI is InChI=1S/C32H50N6O/c1-7-10-12-27-21-25(23-38-29(34-6)17-20-37-31(39)8-2)22-28-15-14-26(24(4)32(27)28)13-11-18-36-30(35-9-3)16-19-33-5/h9,13,21-22,33H,3-4,7-8,10-12,14-20,23H2,1-2,5-6H3,(H,34,38)(H,35,36)(H,37,39)/b26-13-. The molecule has 4 N–H and O–H groups in total. The van der Waals surface area contributed by atoms with E-state index in [0.29, 0.717) is 19.4 Å². The molecule has 0 bridgehead atoms. The first-order valence-electron chi connectivity index (χ1n) is 14.5. The Balaban J connectivity index is 2.12. The van der Waals surface area contributed by atoms with Crippen molar-refractivity contribution in [1.82, 2.24) is 21.3 Å². The Morgan fingerprint density at radius 2 is 1.90 bits per heavy atom. The number of amides is 1. The fraction of sp³-hybridized carbons (Fsp3) is 0.531. The van der Waals surface area contributed by atoms with Crippen LogP contribution in [-0.4, -0.2) is 51.3 Å². The normalized spacial score (nSPS) is 14.8. The van der Waals surface area contributed by atoms with Crippen molar-refractivity contribution in [2.75, 3.05) is 33.7 Å². The van der Waals surface area contributed by atoms with Gasteiger partial charge in [0, 0.05) is 52.5 Å². The van der Waals surface area contributed by atoms with Crippen molar-refractivity contribution in [3.8, 4) is 0 Å². The van der Waals surface area contributed by atoms with Crippen LogP contribution in [0.5, 0.6) is 0 Å². The van der Waals surface area contributed by atoms with Gasteiger partial charge in [-0.2, -0.15) is 0 Å². The van der Waals surface area contributed by atoms with Crippen LogP contribution in [0.25, 0.3) is 5.57 Å². The number of benzene rings is 1. The lowest BCUT2D eigenvalue weighted by atomic mass is 9.79. The van der Waals surface area contributed by atoms with Gasteiger partial charge in [0.2, 0.25) is 5.91 Å². The van der Waals surface area contributed by atoms with E-state index in [0.717, 1.165) is 76.3 Å². The van der Waals surface area contributed by atoms with Gasteiger partial charge in [0.1, 0.15) is 5.84 Å². The van der Waals surface area contributed by atoms with Crippen LogP contribution in [0, 0.1) is 0 Å². The maximum atomic E-state index is 11.5. The molecule has 1 aromatic rings. The summed E-state index contributed by atoms with van der Waals surface area (Å²) in [6, 6.07) is 4.69. The Kier molecular flexibility index (Phi) is 14.9. The smallest absolute Gasteiger partial charge is 0.219 e. The van der Waals surface area contributed by atoms with Crippen LogP contribution in [-0.2, 0) is 24.2 Å². The molecule has 214 valence electrons. The van der Waals surface area contributed by atoms with E-state index >= 15 is 0 Å². The minimum absolute atomic E-state index is 0.0704. The van der Waals surface area contributed by atoms with Gasteiger partial charge in [-0.1, -0.05) is 51.6 Å². The predicted molar refractivity (Wildman–Crippen MR) is 167 cm³/mol. The minimum Gasteiger partial charge on any atom is -0.370 e. The van der Waals surface area contributed by atoms with Crippen molar-refractivity contribution in [2.24, 2.45) is 9.98 Å². The number of unbranched alkanes of at least 4 members (excludes halogenated alkanes) is 1. The summed E-state index contributed by atoms with van der Waals surface area (Å²) in [7, 11) is 3.75. The fourth-order valence-electron chi connectivity index (χ4n) is 4.82. The molecule has 0 aromatic heterocycles. The molecule has 1 aliphatic carbocycles. The van der Waals surface area contributed by atoms with E-state index < -0.39 is 0 Å². The lowest BCUT2D eigenvalue weighted by Crippen LogP contribution is -2.30. The number of hydrogen-bond acceptors (Lipinski definition) is 4. The number of hydrogen-bond donors (Lipinski definition) is 4. The number of amidine groups is 2. The number of nitrogens with one attached hydrogen (secondary N) is 4. The summed E-state index contributed by atoms with van der Waals surface area (Å²) in [5.41, 5.74) is 7.95. The molecule has 0 unspecified atom stereocenters.